The van der Waals surface area contributed by atoms with E-state index in [9.17, 15) is 4.79 Å². The summed E-state index contributed by atoms with van der Waals surface area (Å²) in [7, 11) is 0. The number of benzene rings is 1. The van der Waals surface area contributed by atoms with Gasteiger partial charge in [-0.2, -0.15) is 0 Å². The number of rotatable bonds is 3. The molecule has 0 radical (unpaired) electrons. The van der Waals surface area contributed by atoms with Gasteiger partial charge in [-0.1, -0.05) is 6.07 Å². The van der Waals surface area contributed by atoms with Gasteiger partial charge in [0.1, 0.15) is 0 Å². The summed E-state index contributed by atoms with van der Waals surface area (Å²) in [5.74, 6) is -0.869. The Labute approximate surface area is 101 Å². The highest BCUT2D eigenvalue weighted by atomic mass is 16.5. The molecule has 4 heteroatoms. The SMILES string of the molecule is Cc1cc(C(=O)O)ccc1CN1CCOCC1. The number of hydrogen-bond acceptors (Lipinski definition) is 3. The highest BCUT2D eigenvalue weighted by Crippen LogP contribution is 2.14. The van der Waals surface area contributed by atoms with Gasteiger partial charge in [0, 0.05) is 19.6 Å². The normalized spacial score (nSPS) is 17.0. The highest BCUT2D eigenvalue weighted by Gasteiger charge is 2.12. The lowest BCUT2D eigenvalue weighted by Crippen LogP contribution is -2.35. The van der Waals surface area contributed by atoms with E-state index in [2.05, 4.69) is 4.90 Å². The predicted molar refractivity (Wildman–Crippen MR) is 64.2 cm³/mol. The van der Waals surface area contributed by atoms with Gasteiger partial charge in [0.15, 0.2) is 0 Å². The minimum Gasteiger partial charge on any atom is -0.478 e. The van der Waals surface area contributed by atoms with E-state index in [4.69, 9.17) is 9.84 Å². The number of carbonyl (C=O) groups is 1. The number of aryl methyl sites for hydroxylation is 1. The Kier molecular flexibility index (Phi) is 3.76. The van der Waals surface area contributed by atoms with Crippen LogP contribution < -0.4 is 0 Å². The Morgan fingerprint density at radius 3 is 2.71 bits per heavy atom. The average Bonchev–Trinajstić information content (AvgIpc) is 2.33. The van der Waals surface area contributed by atoms with Crippen molar-refractivity contribution in [3.05, 3.63) is 34.9 Å². The summed E-state index contributed by atoms with van der Waals surface area (Å²) >= 11 is 0. The Morgan fingerprint density at radius 2 is 2.12 bits per heavy atom. The van der Waals surface area contributed by atoms with E-state index in [0.29, 0.717) is 5.56 Å². The van der Waals surface area contributed by atoms with Crippen molar-refractivity contribution in [3.8, 4) is 0 Å². The van der Waals surface area contributed by atoms with E-state index in [1.165, 1.54) is 5.56 Å². The third kappa shape index (κ3) is 3.05. The summed E-state index contributed by atoms with van der Waals surface area (Å²) in [6, 6.07) is 5.32. The molecule has 0 atom stereocenters. The van der Waals surface area contributed by atoms with Gasteiger partial charge in [-0.25, -0.2) is 4.79 Å². The lowest BCUT2D eigenvalue weighted by Gasteiger charge is -2.27. The van der Waals surface area contributed by atoms with Crippen molar-refractivity contribution < 1.29 is 14.6 Å². The first-order valence-corrected chi connectivity index (χ1v) is 5.80. The second-order valence-corrected chi connectivity index (χ2v) is 4.33. The molecule has 1 heterocycles. The van der Waals surface area contributed by atoms with Crippen LogP contribution in [0.25, 0.3) is 0 Å². The lowest BCUT2D eigenvalue weighted by atomic mass is 10.0. The second-order valence-electron chi connectivity index (χ2n) is 4.33. The molecule has 0 bridgehead atoms. The molecule has 2 rings (SSSR count). The zero-order chi connectivity index (χ0) is 12.3. The maximum Gasteiger partial charge on any atom is 0.335 e. The molecule has 1 aromatic rings. The summed E-state index contributed by atoms with van der Waals surface area (Å²) in [6.07, 6.45) is 0. The van der Waals surface area contributed by atoms with Gasteiger partial charge in [-0.3, -0.25) is 4.90 Å². The van der Waals surface area contributed by atoms with Crippen molar-refractivity contribution in [1.82, 2.24) is 4.90 Å². The molecular formula is C13H17NO3. The maximum atomic E-state index is 10.8. The van der Waals surface area contributed by atoms with Crippen LogP contribution in [-0.2, 0) is 11.3 Å². The summed E-state index contributed by atoms with van der Waals surface area (Å²) in [4.78, 5) is 13.2. The van der Waals surface area contributed by atoms with E-state index in [1.807, 2.05) is 13.0 Å². The van der Waals surface area contributed by atoms with Gasteiger partial charge in [0.2, 0.25) is 0 Å². The zero-order valence-corrected chi connectivity index (χ0v) is 9.98. The van der Waals surface area contributed by atoms with Gasteiger partial charge in [0.05, 0.1) is 18.8 Å². The molecule has 0 amide bonds. The Morgan fingerprint density at radius 1 is 1.41 bits per heavy atom. The number of carboxylic acids is 1. The Balaban J connectivity index is 2.08. The van der Waals surface area contributed by atoms with Gasteiger partial charge in [-0.15, -0.1) is 0 Å². The monoisotopic (exact) mass is 235 g/mol. The van der Waals surface area contributed by atoms with Crippen molar-refractivity contribution in [2.75, 3.05) is 26.3 Å². The van der Waals surface area contributed by atoms with Crippen LogP contribution in [0, 0.1) is 6.92 Å². The number of aromatic carboxylic acids is 1. The topological polar surface area (TPSA) is 49.8 Å². The summed E-state index contributed by atoms with van der Waals surface area (Å²) < 4.78 is 5.30. The maximum absolute atomic E-state index is 10.8. The zero-order valence-electron chi connectivity index (χ0n) is 9.98. The molecule has 0 spiro atoms. The summed E-state index contributed by atoms with van der Waals surface area (Å²) in [5, 5.41) is 8.89. The first kappa shape index (κ1) is 12.1. The Hall–Kier alpha value is -1.39. The van der Waals surface area contributed by atoms with E-state index in [-0.39, 0.29) is 0 Å². The van der Waals surface area contributed by atoms with Crippen molar-refractivity contribution in [1.29, 1.82) is 0 Å². The molecule has 4 nitrogen and oxygen atoms in total. The fourth-order valence-corrected chi connectivity index (χ4v) is 2.01. The second kappa shape index (κ2) is 5.29. The molecule has 0 saturated carbocycles. The fourth-order valence-electron chi connectivity index (χ4n) is 2.01. The average molecular weight is 235 g/mol. The van der Waals surface area contributed by atoms with Crippen molar-refractivity contribution >= 4 is 5.97 Å². The first-order valence-electron chi connectivity index (χ1n) is 5.80. The molecule has 1 aromatic carbocycles. The van der Waals surface area contributed by atoms with Crippen LogP contribution in [0.3, 0.4) is 0 Å². The van der Waals surface area contributed by atoms with Crippen molar-refractivity contribution in [2.45, 2.75) is 13.5 Å². The summed E-state index contributed by atoms with van der Waals surface area (Å²) in [5.41, 5.74) is 2.58. The van der Waals surface area contributed by atoms with E-state index >= 15 is 0 Å². The van der Waals surface area contributed by atoms with Crippen LogP contribution in [0.4, 0.5) is 0 Å². The lowest BCUT2D eigenvalue weighted by molar-refractivity contribution is 0.0341. The number of hydrogen-bond donors (Lipinski definition) is 1. The molecule has 1 aliphatic rings. The molecule has 0 aromatic heterocycles. The molecule has 1 fully saturated rings. The fraction of sp³-hybridized carbons (Fsp3) is 0.462. The van der Waals surface area contributed by atoms with E-state index < -0.39 is 5.97 Å². The standard InChI is InChI=1S/C13H17NO3/c1-10-8-11(13(15)16)2-3-12(10)9-14-4-6-17-7-5-14/h2-3,8H,4-7,9H2,1H3,(H,15,16). The summed E-state index contributed by atoms with van der Waals surface area (Å²) in [6.45, 7) is 6.29. The van der Waals surface area contributed by atoms with Crippen LogP contribution in [-0.4, -0.2) is 42.3 Å². The van der Waals surface area contributed by atoms with Crippen LogP contribution in [0.2, 0.25) is 0 Å². The number of ether oxygens (including phenoxy) is 1. The van der Waals surface area contributed by atoms with Crippen LogP contribution >= 0.6 is 0 Å². The molecule has 1 aliphatic heterocycles. The van der Waals surface area contributed by atoms with Crippen molar-refractivity contribution in [2.24, 2.45) is 0 Å². The number of nitrogens with zero attached hydrogens (tertiary/aromatic N) is 1. The van der Waals surface area contributed by atoms with Gasteiger partial charge >= 0.3 is 5.97 Å². The Bertz CT molecular complexity index is 411. The first-order chi connectivity index (χ1) is 8.16. The smallest absolute Gasteiger partial charge is 0.335 e. The van der Waals surface area contributed by atoms with Crippen LogP contribution in [0.5, 0.6) is 0 Å². The third-order valence-electron chi connectivity index (χ3n) is 3.09. The van der Waals surface area contributed by atoms with Gasteiger partial charge < -0.3 is 9.84 Å². The molecular weight excluding hydrogens is 218 g/mol. The quantitative estimate of drug-likeness (QED) is 0.863. The minimum absolute atomic E-state index is 0.355. The minimum atomic E-state index is -0.869. The predicted octanol–water partition coefficient (Wildman–Crippen LogP) is 1.53. The third-order valence-corrected chi connectivity index (χ3v) is 3.09. The van der Waals surface area contributed by atoms with Crippen LogP contribution in [0.15, 0.2) is 18.2 Å². The van der Waals surface area contributed by atoms with Gasteiger partial charge in [0.25, 0.3) is 0 Å². The molecule has 1 N–H and O–H groups in total. The molecule has 92 valence electrons. The molecule has 17 heavy (non-hydrogen) atoms. The van der Waals surface area contributed by atoms with Crippen molar-refractivity contribution in [3.63, 3.8) is 0 Å². The largest absolute Gasteiger partial charge is 0.478 e. The van der Waals surface area contributed by atoms with Crippen LogP contribution in [0.1, 0.15) is 21.5 Å². The molecule has 0 aliphatic carbocycles. The molecule has 1 saturated heterocycles. The number of morpholine rings is 1. The number of carboxylic acid groups (broad SMARTS) is 1. The van der Waals surface area contributed by atoms with E-state index in [1.54, 1.807) is 12.1 Å². The highest BCUT2D eigenvalue weighted by molar-refractivity contribution is 5.87. The molecule has 0 unspecified atom stereocenters. The van der Waals surface area contributed by atoms with E-state index in [0.717, 1.165) is 38.4 Å². The van der Waals surface area contributed by atoms with Gasteiger partial charge in [-0.05, 0) is 30.2 Å².